The highest BCUT2D eigenvalue weighted by atomic mass is 79.9. The average molecular weight is 625 g/mol. The van der Waals surface area contributed by atoms with Crippen molar-refractivity contribution < 1.29 is 23.9 Å². The van der Waals surface area contributed by atoms with Crippen molar-refractivity contribution in [1.82, 2.24) is 5.32 Å². The second-order valence-corrected chi connectivity index (χ2v) is 10.0. The SMILES string of the molecule is COc1cc(/C=C2\C(=O)NC(=O)N(c3cccc(Cl)c3C)C2=O)cc(Br)c1OCc1ccc(Cl)cc1Cl. The molecule has 11 heteroatoms. The Morgan fingerprint density at radius 1 is 1.03 bits per heavy atom. The first-order valence-corrected chi connectivity index (χ1v) is 12.6. The molecule has 0 aromatic heterocycles. The first kappa shape index (κ1) is 27.0. The molecule has 0 unspecified atom stereocenters. The maximum Gasteiger partial charge on any atom is 0.335 e. The second kappa shape index (κ2) is 11.1. The molecule has 0 bridgehead atoms. The van der Waals surface area contributed by atoms with Gasteiger partial charge in [-0.25, -0.2) is 9.69 Å². The van der Waals surface area contributed by atoms with Gasteiger partial charge in [0.2, 0.25) is 0 Å². The molecule has 1 aliphatic heterocycles. The first-order chi connectivity index (χ1) is 17.6. The van der Waals surface area contributed by atoms with Gasteiger partial charge in [0.05, 0.1) is 17.3 Å². The number of hydrogen-bond acceptors (Lipinski definition) is 5. The first-order valence-electron chi connectivity index (χ1n) is 10.7. The number of nitrogens with zero attached hydrogens (tertiary/aromatic N) is 1. The van der Waals surface area contributed by atoms with Crippen molar-refractivity contribution >= 4 is 80.3 Å². The number of barbiturate groups is 1. The van der Waals surface area contributed by atoms with Gasteiger partial charge < -0.3 is 9.47 Å². The van der Waals surface area contributed by atoms with E-state index in [9.17, 15) is 14.4 Å². The molecular formula is C26H18BrCl3N2O5. The van der Waals surface area contributed by atoms with Gasteiger partial charge in [0.15, 0.2) is 11.5 Å². The van der Waals surface area contributed by atoms with Crippen molar-refractivity contribution in [1.29, 1.82) is 0 Å². The van der Waals surface area contributed by atoms with Gasteiger partial charge in [0, 0.05) is 20.6 Å². The molecule has 190 valence electrons. The number of nitrogens with one attached hydrogen (secondary N) is 1. The molecule has 0 spiro atoms. The van der Waals surface area contributed by atoms with Gasteiger partial charge in [-0.3, -0.25) is 14.9 Å². The number of halogens is 4. The molecule has 0 saturated carbocycles. The zero-order valence-corrected chi connectivity index (χ0v) is 23.3. The summed E-state index contributed by atoms with van der Waals surface area (Å²) in [6.45, 7) is 1.82. The van der Waals surface area contributed by atoms with E-state index in [4.69, 9.17) is 44.3 Å². The lowest BCUT2D eigenvalue weighted by Gasteiger charge is -2.27. The van der Waals surface area contributed by atoms with Crippen molar-refractivity contribution in [2.24, 2.45) is 0 Å². The number of carbonyl (C=O) groups is 3. The standard InChI is InChI=1S/C26H18BrCl3N2O5/c1-13-19(29)4-3-5-21(13)32-25(34)17(24(33)31-26(32)35)8-14-9-18(27)23(22(10-14)36-2)37-12-15-6-7-16(28)11-20(15)30/h3-11H,12H2,1-2H3,(H,31,33,35)/b17-8+. The van der Waals surface area contributed by atoms with E-state index in [1.165, 1.54) is 13.2 Å². The van der Waals surface area contributed by atoms with Gasteiger partial charge in [-0.1, -0.05) is 46.9 Å². The van der Waals surface area contributed by atoms with Crippen LogP contribution in [0.4, 0.5) is 10.5 Å². The Labute approximate surface area is 236 Å². The van der Waals surface area contributed by atoms with E-state index in [0.29, 0.717) is 42.2 Å². The molecule has 37 heavy (non-hydrogen) atoms. The number of ether oxygens (including phenoxy) is 2. The molecule has 1 fully saturated rings. The van der Waals surface area contributed by atoms with Gasteiger partial charge in [0.1, 0.15) is 12.2 Å². The summed E-state index contributed by atoms with van der Waals surface area (Å²) in [6, 6.07) is 12.3. The lowest BCUT2D eigenvalue weighted by atomic mass is 10.1. The molecule has 1 aliphatic rings. The van der Waals surface area contributed by atoms with E-state index in [2.05, 4.69) is 21.2 Å². The number of imide groups is 2. The molecule has 0 radical (unpaired) electrons. The van der Waals surface area contributed by atoms with Gasteiger partial charge in [0.25, 0.3) is 11.8 Å². The molecule has 4 rings (SSSR count). The minimum absolute atomic E-state index is 0.141. The van der Waals surface area contributed by atoms with Crippen LogP contribution in [0, 0.1) is 6.92 Å². The Kier molecular flexibility index (Phi) is 8.14. The highest BCUT2D eigenvalue weighted by Gasteiger charge is 2.37. The van der Waals surface area contributed by atoms with Crippen molar-refractivity contribution in [3.63, 3.8) is 0 Å². The van der Waals surface area contributed by atoms with E-state index in [0.717, 1.165) is 10.5 Å². The van der Waals surface area contributed by atoms with Gasteiger partial charge in [-0.05, 0) is 76.5 Å². The van der Waals surface area contributed by atoms with E-state index in [1.807, 2.05) is 0 Å². The molecule has 3 aromatic carbocycles. The van der Waals surface area contributed by atoms with Gasteiger partial charge in [-0.15, -0.1) is 0 Å². The largest absolute Gasteiger partial charge is 0.493 e. The van der Waals surface area contributed by atoms with Crippen LogP contribution in [0.25, 0.3) is 6.08 Å². The zero-order chi connectivity index (χ0) is 26.9. The second-order valence-electron chi connectivity index (χ2n) is 7.90. The summed E-state index contributed by atoms with van der Waals surface area (Å²) in [5.41, 5.74) is 1.73. The van der Waals surface area contributed by atoms with Crippen LogP contribution in [-0.4, -0.2) is 25.0 Å². The topological polar surface area (TPSA) is 84.9 Å². The summed E-state index contributed by atoms with van der Waals surface area (Å²) in [6.07, 6.45) is 1.37. The molecule has 1 heterocycles. The Morgan fingerprint density at radius 3 is 2.49 bits per heavy atom. The molecular weight excluding hydrogens is 607 g/mol. The van der Waals surface area contributed by atoms with Crippen LogP contribution in [-0.2, 0) is 16.2 Å². The van der Waals surface area contributed by atoms with Crippen LogP contribution < -0.4 is 19.7 Å². The van der Waals surface area contributed by atoms with Crippen molar-refractivity contribution in [2.45, 2.75) is 13.5 Å². The number of carbonyl (C=O) groups excluding carboxylic acids is 3. The Balaban J connectivity index is 1.66. The lowest BCUT2D eigenvalue weighted by Crippen LogP contribution is -2.54. The molecule has 3 aromatic rings. The molecule has 4 amide bonds. The van der Waals surface area contributed by atoms with Crippen molar-refractivity contribution in [2.75, 3.05) is 12.0 Å². The Hall–Kier alpha value is -3.04. The minimum atomic E-state index is -0.860. The minimum Gasteiger partial charge on any atom is -0.493 e. The smallest absolute Gasteiger partial charge is 0.335 e. The summed E-state index contributed by atoms with van der Waals surface area (Å²) in [5.74, 6) is -0.874. The normalized spacial score (nSPS) is 14.7. The van der Waals surface area contributed by atoms with Crippen molar-refractivity contribution in [3.8, 4) is 11.5 Å². The number of urea groups is 1. The number of anilines is 1. The third-order valence-electron chi connectivity index (χ3n) is 5.53. The van der Waals surface area contributed by atoms with Crippen LogP contribution in [0.5, 0.6) is 11.5 Å². The Bertz CT molecular complexity index is 1470. The molecule has 0 aliphatic carbocycles. The maximum atomic E-state index is 13.3. The number of methoxy groups -OCH3 is 1. The van der Waals surface area contributed by atoms with Crippen molar-refractivity contribution in [3.05, 3.63) is 90.3 Å². The summed E-state index contributed by atoms with van der Waals surface area (Å²) >= 11 is 21.8. The predicted molar refractivity (Wildman–Crippen MR) is 147 cm³/mol. The number of benzene rings is 3. The fourth-order valence-electron chi connectivity index (χ4n) is 3.63. The maximum absolute atomic E-state index is 13.3. The van der Waals surface area contributed by atoms with E-state index < -0.39 is 17.8 Å². The molecule has 1 saturated heterocycles. The van der Waals surface area contributed by atoms with E-state index >= 15 is 0 Å². The molecule has 1 N–H and O–H groups in total. The van der Waals surface area contributed by atoms with Gasteiger partial charge >= 0.3 is 6.03 Å². The monoisotopic (exact) mass is 622 g/mol. The zero-order valence-electron chi connectivity index (χ0n) is 19.4. The number of rotatable bonds is 6. The third kappa shape index (κ3) is 5.62. The lowest BCUT2D eigenvalue weighted by molar-refractivity contribution is -0.122. The van der Waals surface area contributed by atoms with E-state index in [1.54, 1.807) is 55.5 Å². The summed E-state index contributed by atoms with van der Waals surface area (Å²) in [7, 11) is 1.46. The Morgan fingerprint density at radius 2 is 1.78 bits per heavy atom. The summed E-state index contributed by atoms with van der Waals surface area (Å²) in [5, 5.41) is 3.55. The highest BCUT2D eigenvalue weighted by molar-refractivity contribution is 9.10. The quantitative estimate of drug-likeness (QED) is 0.237. The fraction of sp³-hybridized carbons (Fsp3) is 0.115. The van der Waals surface area contributed by atoms with Crippen LogP contribution in [0.15, 0.2) is 58.6 Å². The highest BCUT2D eigenvalue weighted by Crippen LogP contribution is 2.38. The fourth-order valence-corrected chi connectivity index (χ4v) is 4.84. The molecule has 0 atom stereocenters. The van der Waals surface area contributed by atoms with Gasteiger partial charge in [-0.2, -0.15) is 0 Å². The summed E-state index contributed by atoms with van der Waals surface area (Å²) in [4.78, 5) is 39.3. The van der Waals surface area contributed by atoms with Crippen LogP contribution >= 0.6 is 50.7 Å². The average Bonchev–Trinajstić information content (AvgIpc) is 2.84. The predicted octanol–water partition coefficient (Wildman–Crippen LogP) is 6.97. The number of amides is 4. The number of hydrogen-bond donors (Lipinski definition) is 1. The van der Waals surface area contributed by atoms with Crippen LogP contribution in [0.1, 0.15) is 16.7 Å². The van der Waals surface area contributed by atoms with Crippen LogP contribution in [0.2, 0.25) is 15.1 Å². The van der Waals surface area contributed by atoms with E-state index in [-0.39, 0.29) is 17.9 Å². The molecule has 7 nitrogen and oxygen atoms in total. The summed E-state index contributed by atoms with van der Waals surface area (Å²) < 4.78 is 11.9. The van der Waals surface area contributed by atoms with Crippen LogP contribution in [0.3, 0.4) is 0 Å². The third-order valence-corrected chi connectivity index (χ3v) is 7.12.